The Hall–Kier alpha value is -8.21. The van der Waals surface area contributed by atoms with Gasteiger partial charge in [0, 0.05) is 58.3 Å². The minimum absolute atomic E-state index is 0.00982. The van der Waals surface area contributed by atoms with Crippen LogP contribution in [0.1, 0.15) is 55.6 Å². The molecule has 4 heterocycles. The molecule has 2 atom stereocenters. The molecule has 0 saturated carbocycles. The number of methoxy groups -OCH3 is 4. The monoisotopic (exact) mass is 1150 g/mol. The Morgan fingerprint density at radius 3 is 1.43 bits per heavy atom. The van der Waals surface area contributed by atoms with E-state index in [2.05, 4.69) is 25.4 Å². The summed E-state index contributed by atoms with van der Waals surface area (Å²) in [4.78, 5) is 39.0. The van der Waals surface area contributed by atoms with Gasteiger partial charge in [-0.15, -0.1) is 0 Å². The van der Waals surface area contributed by atoms with E-state index in [4.69, 9.17) is 37.9 Å². The second-order valence-electron chi connectivity index (χ2n) is 18.0. The molecule has 19 nitrogen and oxygen atoms in total. The summed E-state index contributed by atoms with van der Waals surface area (Å²) in [6.07, 6.45) is 4.29. The zero-order chi connectivity index (χ0) is 55.1. The number of amides is 2. The zero-order valence-electron chi connectivity index (χ0n) is 42.8. The van der Waals surface area contributed by atoms with Crippen molar-refractivity contribution in [2.75, 3.05) is 42.0 Å². The lowest BCUT2D eigenvalue weighted by Gasteiger charge is -2.19. The highest BCUT2D eigenvalue weighted by Crippen LogP contribution is 2.47. The van der Waals surface area contributed by atoms with E-state index in [1.165, 1.54) is 40.6 Å². The number of fused-ring (bicyclic) bond motifs is 4. The molecule has 2 unspecified atom stereocenters. The maximum Gasteiger partial charge on any atom is 0.267 e. The van der Waals surface area contributed by atoms with Crippen LogP contribution in [0.2, 0.25) is 0 Å². The average molecular weight is 1150 g/mol. The van der Waals surface area contributed by atoms with Crippen LogP contribution in [0.3, 0.4) is 0 Å². The molecule has 0 bridgehead atoms. The lowest BCUT2D eigenvalue weighted by molar-refractivity contribution is -0.120. The van der Waals surface area contributed by atoms with Gasteiger partial charge in [-0.2, -0.15) is 0 Å². The summed E-state index contributed by atoms with van der Waals surface area (Å²) in [6.45, 7) is 3.61. The van der Waals surface area contributed by atoms with Crippen molar-refractivity contribution < 1.29 is 69.1 Å². The summed E-state index contributed by atoms with van der Waals surface area (Å²) >= 11 is 3.49. The molecule has 2 aromatic heterocycles. The fraction of sp³-hybridized carbons (Fsp3) is 0.218. The number of hydrogen-bond acceptors (Lipinski definition) is 15. The minimum atomic E-state index is -4.33. The van der Waals surface area contributed by atoms with E-state index in [1.54, 1.807) is 91.5 Å². The number of aldehydes is 1. The van der Waals surface area contributed by atoms with Crippen molar-refractivity contribution >= 4 is 75.9 Å². The van der Waals surface area contributed by atoms with Crippen LogP contribution in [0.5, 0.6) is 46.0 Å². The van der Waals surface area contributed by atoms with Crippen LogP contribution in [0.25, 0.3) is 21.8 Å². The number of carbonyl (C=O) groups is 3. The first-order chi connectivity index (χ1) is 36.8. The third kappa shape index (κ3) is 10.4. The topological polar surface area (TPSA) is 227 Å². The highest BCUT2D eigenvalue weighted by Gasteiger charge is 2.36. The predicted molar refractivity (Wildman–Crippen MR) is 287 cm³/mol. The maximum absolute atomic E-state index is 14.0. The standard InChI is InChI=1S/C28H26N2O8S.C27H25BrN2O7S/c1-16-5-8-25(22(9-16)35-3)39(33,34)29-28(32)26(18-11-23(36-4)27-24(12-18)37-15-38-27)20-13-30(2)21-10-17(14-31)6-7-19(20)21;1-15-5-8-24(21(9-15)34-3)38(32,33)29-27(31)25(16-10-22(35-4)26-23(11-16)36-14-37-26)19-13-30(2)20-12-17(28)6-7-18(19)20/h5-14,26H,15H2,1-4H3,(H,29,32);5-13,25H,14H2,1-4H3,(H,29,31). The lowest BCUT2D eigenvalue weighted by Crippen LogP contribution is -2.35. The molecular weight excluding hydrogens is 1100 g/mol. The molecule has 0 spiro atoms. The maximum atomic E-state index is 14.0. The molecule has 77 heavy (non-hydrogen) atoms. The molecule has 0 radical (unpaired) electrons. The number of nitrogens with one attached hydrogen (secondary N) is 2. The van der Waals surface area contributed by atoms with Crippen molar-refractivity contribution in [2.45, 2.75) is 35.5 Å². The molecule has 400 valence electrons. The largest absolute Gasteiger partial charge is 0.495 e. The molecule has 0 aliphatic carbocycles. The van der Waals surface area contributed by atoms with E-state index in [-0.39, 0.29) is 34.9 Å². The van der Waals surface area contributed by atoms with Crippen molar-refractivity contribution in [3.05, 3.63) is 153 Å². The number of aryl methyl sites for hydroxylation is 4. The van der Waals surface area contributed by atoms with Gasteiger partial charge in [0.1, 0.15) is 27.6 Å². The summed E-state index contributed by atoms with van der Waals surface area (Å²) < 4.78 is 107. The first kappa shape index (κ1) is 53.6. The van der Waals surface area contributed by atoms with E-state index in [9.17, 15) is 31.2 Å². The highest BCUT2D eigenvalue weighted by atomic mass is 79.9. The van der Waals surface area contributed by atoms with Gasteiger partial charge < -0.3 is 47.0 Å². The zero-order valence-corrected chi connectivity index (χ0v) is 46.0. The Morgan fingerprint density at radius 2 is 1.00 bits per heavy atom. The first-order valence-electron chi connectivity index (χ1n) is 23.5. The SMILES string of the molecule is COc1cc(C)ccc1S(=O)(=O)NC(=O)C(c1cc(OC)c2c(c1)OCO2)c1cn(C)c2cc(Br)ccc12.COc1cc(C)ccc1S(=O)(=O)NC(=O)C(c1cc(OC)c2c(c1)OCO2)c1cn(C)c2cc(C=O)ccc12. The van der Waals surface area contributed by atoms with Crippen LogP contribution in [-0.2, 0) is 43.7 Å². The van der Waals surface area contributed by atoms with Gasteiger partial charge in [-0.1, -0.05) is 46.3 Å². The Morgan fingerprint density at radius 1 is 0.571 bits per heavy atom. The number of benzene rings is 6. The van der Waals surface area contributed by atoms with Crippen LogP contribution in [0.4, 0.5) is 0 Å². The fourth-order valence-electron chi connectivity index (χ4n) is 9.42. The molecule has 6 aromatic carbocycles. The van der Waals surface area contributed by atoms with Crippen LogP contribution in [-0.4, -0.2) is 86.1 Å². The minimum Gasteiger partial charge on any atom is -0.495 e. The van der Waals surface area contributed by atoms with E-state index in [0.29, 0.717) is 73.2 Å². The molecule has 10 rings (SSSR count). The van der Waals surface area contributed by atoms with Crippen molar-refractivity contribution in [2.24, 2.45) is 14.1 Å². The summed E-state index contributed by atoms with van der Waals surface area (Å²) in [5, 5.41) is 1.46. The molecule has 2 N–H and O–H groups in total. The Labute approximate surface area is 451 Å². The number of nitrogens with zero attached hydrogens (tertiary/aromatic N) is 2. The van der Waals surface area contributed by atoms with E-state index in [0.717, 1.165) is 32.8 Å². The van der Waals surface area contributed by atoms with Gasteiger partial charge in [-0.25, -0.2) is 26.3 Å². The first-order valence-corrected chi connectivity index (χ1v) is 27.2. The molecule has 22 heteroatoms. The van der Waals surface area contributed by atoms with Crippen LogP contribution in [0.15, 0.2) is 124 Å². The third-order valence-corrected chi connectivity index (χ3v) is 16.3. The highest BCUT2D eigenvalue weighted by molar-refractivity contribution is 9.10. The number of aromatic nitrogens is 2. The van der Waals surface area contributed by atoms with Crippen LogP contribution < -0.4 is 47.3 Å². The normalized spacial score (nSPS) is 13.3. The van der Waals surface area contributed by atoms with E-state index >= 15 is 0 Å². The lowest BCUT2D eigenvalue weighted by atomic mass is 9.89. The van der Waals surface area contributed by atoms with Crippen molar-refractivity contribution in [1.29, 1.82) is 0 Å². The van der Waals surface area contributed by atoms with Gasteiger partial charge in [0.15, 0.2) is 23.0 Å². The fourth-order valence-corrected chi connectivity index (χ4v) is 12.1. The van der Waals surface area contributed by atoms with Crippen molar-refractivity contribution in [1.82, 2.24) is 18.6 Å². The predicted octanol–water partition coefficient (Wildman–Crippen LogP) is 8.31. The van der Waals surface area contributed by atoms with Gasteiger partial charge >= 0.3 is 0 Å². The van der Waals surface area contributed by atoms with E-state index < -0.39 is 43.7 Å². The molecule has 0 saturated heterocycles. The Balaban J connectivity index is 0.000000188. The van der Waals surface area contributed by atoms with Gasteiger partial charge in [-0.3, -0.25) is 14.4 Å². The summed E-state index contributed by atoms with van der Waals surface area (Å²) in [5.41, 5.74) is 5.68. The second-order valence-corrected chi connectivity index (χ2v) is 22.2. The number of hydrogen-bond donors (Lipinski definition) is 2. The average Bonchev–Trinajstić information content (AvgIpc) is 4.22. The van der Waals surface area contributed by atoms with Gasteiger partial charge in [-0.05, 0) is 114 Å². The van der Waals surface area contributed by atoms with Gasteiger partial charge in [0.2, 0.25) is 36.9 Å². The Bertz CT molecular complexity index is 3910. The quantitative estimate of drug-likeness (QED) is 0.0920. The summed E-state index contributed by atoms with van der Waals surface area (Å²) in [6, 6.07) is 26.6. The third-order valence-electron chi connectivity index (χ3n) is 13.0. The molecule has 2 aliphatic rings. The molecule has 0 fully saturated rings. The number of ether oxygens (including phenoxy) is 8. The number of sulfonamides is 2. The summed E-state index contributed by atoms with van der Waals surface area (Å²) in [7, 11) is 0.718. The second kappa shape index (κ2) is 21.4. The number of rotatable bonds is 15. The number of carbonyl (C=O) groups excluding carboxylic acids is 3. The Kier molecular flexibility index (Phi) is 14.9. The van der Waals surface area contributed by atoms with Gasteiger partial charge in [0.05, 0.1) is 40.3 Å². The smallest absolute Gasteiger partial charge is 0.267 e. The van der Waals surface area contributed by atoms with Crippen molar-refractivity contribution in [3.63, 3.8) is 0 Å². The van der Waals surface area contributed by atoms with E-state index in [1.807, 2.05) is 42.9 Å². The molecular formula is C55H51BrN4O15S2. The summed E-state index contributed by atoms with van der Waals surface area (Å²) in [5.74, 6) is -1.13. The molecule has 2 amide bonds. The molecule has 2 aliphatic heterocycles. The van der Waals surface area contributed by atoms with Crippen LogP contribution >= 0.6 is 15.9 Å². The molecule has 8 aromatic rings. The van der Waals surface area contributed by atoms with Crippen LogP contribution in [0, 0.1) is 13.8 Å². The number of halogens is 1. The van der Waals surface area contributed by atoms with Gasteiger partial charge in [0.25, 0.3) is 20.0 Å². The van der Waals surface area contributed by atoms with Crippen molar-refractivity contribution in [3.8, 4) is 46.0 Å².